The van der Waals surface area contributed by atoms with E-state index in [1.165, 1.54) is 0 Å². The monoisotopic (exact) mass is 177 g/mol. The number of hydrogen-bond donors (Lipinski definition) is 3. The van der Waals surface area contributed by atoms with Gasteiger partial charge in [-0.15, -0.1) is 0 Å². The van der Waals surface area contributed by atoms with Crippen LogP contribution >= 0.6 is 0 Å². The quantitative estimate of drug-likeness (QED) is 0.591. The van der Waals surface area contributed by atoms with Gasteiger partial charge in [-0.1, -0.05) is 0 Å². The van der Waals surface area contributed by atoms with Crippen molar-refractivity contribution >= 4 is 0 Å². The Morgan fingerprint density at radius 1 is 1.42 bits per heavy atom. The van der Waals surface area contributed by atoms with E-state index in [9.17, 15) is 13.6 Å². The summed E-state index contributed by atoms with van der Waals surface area (Å²) >= 11 is 0. The van der Waals surface area contributed by atoms with Gasteiger partial charge in [-0.3, -0.25) is 4.79 Å². The summed E-state index contributed by atoms with van der Waals surface area (Å²) in [7, 11) is 0. The molecule has 0 bridgehead atoms. The van der Waals surface area contributed by atoms with Crippen molar-refractivity contribution < 1.29 is 19.0 Å². The molecule has 0 spiro atoms. The summed E-state index contributed by atoms with van der Waals surface area (Å²) < 4.78 is 23.9. The molecule has 0 aliphatic heterocycles. The molecule has 4 nitrogen and oxygen atoms in total. The maximum absolute atomic E-state index is 11.9. The average molecular weight is 177 g/mol. The predicted molar refractivity (Wildman–Crippen MR) is 35.3 cm³/mol. The van der Waals surface area contributed by atoms with Crippen LogP contribution in [0.4, 0.5) is 8.78 Å². The Morgan fingerprint density at radius 3 is 2.50 bits per heavy atom. The van der Waals surface area contributed by atoms with Crippen molar-refractivity contribution in [2.24, 2.45) is 0 Å². The highest BCUT2D eigenvalue weighted by Crippen LogP contribution is 2.23. The normalized spacial score (nSPS) is 10.6. The third-order valence-corrected chi connectivity index (χ3v) is 1.29. The molecule has 0 aliphatic rings. The second-order valence-electron chi connectivity index (χ2n) is 2.07. The molecule has 0 unspecified atom stereocenters. The third-order valence-electron chi connectivity index (χ3n) is 1.29. The Hall–Kier alpha value is -1.59. The van der Waals surface area contributed by atoms with Crippen molar-refractivity contribution in [3.8, 4) is 11.5 Å². The van der Waals surface area contributed by atoms with Crippen molar-refractivity contribution in [1.29, 1.82) is 0 Å². The number of halogens is 2. The van der Waals surface area contributed by atoms with E-state index in [0.717, 1.165) is 0 Å². The van der Waals surface area contributed by atoms with E-state index in [2.05, 4.69) is 0 Å². The lowest BCUT2D eigenvalue weighted by molar-refractivity contribution is 0.141. The smallest absolute Gasteiger partial charge is 0.282 e. The number of aromatic nitrogens is 1. The van der Waals surface area contributed by atoms with Crippen LogP contribution in [0, 0.1) is 0 Å². The van der Waals surface area contributed by atoms with Crippen LogP contribution in [0.5, 0.6) is 11.5 Å². The molecular weight excluding hydrogens is 172 g/mol. The fourth-order valence-corrected chi connectivity index (χ4v) is 0.690. The lowest BCUT2D eigenvalue weighted by Gasteiger charge is -2.01. The van der Waals surface area contributed by atoms with E-state index in [1.807, 2.05) is 4.98 Å². The zero-order valence-corrected chi connectivity index (χ0v) is 5.71. The Labute approximate surface area is 65.1 Å². The van der Waals surface area contributed by atoms with Crippen molar-refractivity contribution in [3.63, 3.8) is 0 Å². The van der Waals surface area contributed by atoms with Crippen LogP contribution in [0.25, 0.3) is 0 Å². The van der Waals surface area contributed by atoms with Gasteiger partial charge in [0, 0.05) is 6.20 Å². The molecule has 1 rings (SSSR count). The van der Waals surface area contributed by atoms with Crippen LogP contribution in [-0.2, 0) is 0 Å². The molecular formula is C6H5F2NO3. The summed E-state index contributed by atoms with van der Waals surface area (Å²) in [6.45, 7) is 0. The number of pyridine rings is 1. The van der Waals surface area contributed by atoms with Gasteiger partial charge < -0.3 is 15.2 Å². The lowest BCUT2D eigenvalue weighted by Crippen LogP contribution is -2.05. The van der Waals surface area contributed by atoms with Crippen molar-refractivity contribution in [2.45, 2.75) is 6.43 Å². The Bertz CT molecular complexity index is 347. The Balaban J connectivity index is 3.37. The average Bonchev–Trinajstić information content (AvgIpc) is 2.00. The second-order valence-corrected chi connectivity index (χ2v) is 2.07. The minimum atomic E-state index is -2.97. The fraction of sp³-hybridized carbons (Fsp3) is 0.167. The highest BCUT2D eigenvalue weighted by Gasteiger charge is 2.17. The van der Waals surface area contributed by atoms with Crippen molar-refractivity contribution in [2.75, 3.05) is 0 Å². The lowest BCUT2D eigenvalue weighted by atomic mass is 10.3. The molecule has 0 aliphatic carbocycles. The van der Waals surface area contributed by atoms with E-state index in [0.29, 0.717) is 6.20 Å². The van der Waals surface area contributed by atoms with Gasteiger partial charge in [0.2, 0.25) is 0 Å². The molecule has 0 radical (unpaired) electrons. The molecule has 0 saturated carbocycles. The number of hydrogen-bond acceptors (Lipinski definition) is 3. The summed E-state index contributed by atoms with van der Waals surface area (Å²) in [5.74, 6) is -1.94. The summed E-state index contributed by atoms with van der Waals surface area (Å²) in [4.78, 5) is 12.5. The van der Waals surface area contributed by atoms with Crippen LogP contribution in [0.2, 0.25) is 0 Å². The molecule has 0 aromatic carbocycles. The van der Waals surface area contributed by atoms with Crippen LogP contribution < -0.4 is 5.43 Å². The molecule has 6 heteroatoms. The maximum atomic E-state index is 11.9. The standard InChI is InChI=1S/C6H5F2NO3/c7-6(8)3-5(12)4(11)2(10)1-9-3/h1,6,10,12H,(H,9,11). The first-order chi connectivity index (χ1) is 5.54. The number of rotatable bonds is 1. The molecule has 0 fully saturated rings. The molecule has 66 valence electrons. The largest absolute Gasteiger partial charge is 0.503 e. The minimum absolute atomic E-state index is 0.698. The van der Waals surface area contributed by atoms with Crippen LogP contribution in [0.1, 0.15) is 12.1 Å². The fourth-order valence-electron chi connectivity index (χ4n) is 0.690. The van der Waals surface area contributed by atoms with E-state index >= 15 is 0 Å². The molecule has 1 aromatic rings. The van der Waals surface area contributed by atoms with Crippen molar-refractivity contribution in [1.82, 2.24) is 4.98 Å². The minimum Gasteiger partial charge on any atom is -0.503 e. The van der Waals surface area contributed by atoms with Crippen LogP contribution in [0.3, 0.4) is 0 Å². The predicted octanol–water partition coefficient (Wildman–Crippen LogP) is 0.724. The van der Waals surface area contributed by atoms with E-state index in [1.54, 1.807) is 0 Å². The van der Waals surface area contributed by atoms with Gasteiger partial charge in [0.15, 0.2) is 11.5 Å². The van der Waals surface area contributed by atoms with Crippen molar-refractivity contribution in [3.05, 3.63) is 22.1 Å². The highest BCUT2D eigenvalue weighted by atomic mass is 19.3. The zero-order chi connectivity index (χ0) is 9.30. The van der Waals surface area contributed by atoms with Gasteiger partial charge in [-0.2, -0.15) is 0 Å². The van der Waals surface area contributed by atoms with Gasteiger partial charge in [0.25, 0.3) is 11.9 Å². The van der Waals surface area contributed by atoms with E-state index < -0.39 is 29.0 Å². The summed E-state index contributed by atoms with van der Waals surface area (Å²) in [5, 5.41) is 17.4. The molecule has 1 heterocycles. The van der Waals surface area contributed by atoms with Crippen LogP contribution in [0.15, 0.2) is 11.0 Å². The van der Waals surface area contributed by atoms with Gasteiger partial charge >= 0.3 is 0 Å². The summed E-state index contributed by atoms with van der Waals surface area (Å²) in [6, 6.07) is 0. The molecule has 0 saturated heterocycles. The Kier molecular flexibility index (Phi) is 1.99. The topological polar surface area (TPSA) is 73.3 Å². The molecule has 1 aromatic heterocycles. The van der Waals surface area contributed by atoms with Crippen LogP contribution in [-0.4, -0.2) is 15.2 Å². The molecule has 0 amide bonds. The van der Waals surface area contributed by atoms with Gasteiger partial charge in [-0.05, 0) is 0 Å². The SMILES string of the molecule is O=c1c(O)c[nH]c(C(F)F)c1O. The van der Waals surface area contributed by atoms with E-state index in [-0.39, 0.29) is 0 Å². The first-order valence-corrected chi connectivity index (χ1v) is 2.95. The highest BCUT2D eigenvalue weighted by molar-refractivity contribution is 5.33. The first kappa shape index (κ1) is 8.51. The summed E-state index contributed by atoms with van der Waals surface area (Å²) in [5.41, 5.74) is -2.10. The first-order valence-electron chi connectivity index (χ1n) is 2.95. The number of aromatic amines is 1. The Morgan fingerprint density at radius 2 is 2.00 bits per heavy atom. The van der Waals surface area contributed by atoms with Gasteiger partial charge in [-0.25, -0.2) is 8.78 Å². The third kappa shape index (κ3) is 1.23. The number of nitrogens with one attached hydrogen (secondary N) is 1. The second kappa shape index (κ2) is 2.80. The number of H-pyrrole nitrogens is 1. The van der Waals surface area contributed by atoms with Gasteiger partial charge in [0.1, 0.15) is 5.69 Å². The zero-order valence-electron chi connectivity index (χ0n) is 5.71. The molecule has 0 atom stereocenters. The molecule has 12 heavy (non-hydrogen) atoms. The number of aromatic hydroxyl groups is 2. The molecule has 3 N–H and O–H groups in total. The maximum Gasteiger partial charge on any atom is 0.282 e. The van der Waals surface area contributed by atoms with E-state index in [4.69, 9.17) is 10.2 Å². The summed E-state index contributed by atoms with van der Waals surface area (Å²) in [6.07, 6.45) is -2.28. The van der Waals surface area contributed by atoms with Gasteiger partial charge in [0.05, 0.1) is 0 Å². The number of alkyl halides is 2.